The lowest BCUT2D eigenvalue weighted by atomic mass is 10.1. The average molecular weight is 537 g/mol. The first-order chi connectivity index (χ1) is 16.7. The first-order valence-corrected chi connectivity index (χ1v) is 12.9. The molecule has 1 N–H and O–H groups in total. The van der Waals surface area contributed by atoms with E-state index in [0.29, 0.717) is 24.5 Å². The second-order valence-corrected chi connectivity index (χ2v) is 10.4. The van der Waals surface area contributed by atoms with Crippen LogP contribution in [0.25, 0.3) is 0 Å². The van der Waals surface area contributed by atoms with Gasteiger partial charge in [-0.2, -0.15) is 4.31 Å². The monoisotopic (exact) mass is 536 g/mol. The minimum Gasteiger partial charge on any atom is -0.493 e. The van der Waals surface area contributed by atoms with E-state index in [9.17, 15) is 13.2 Å². The number of rotatable bonds is 11. The standard InChI is InChI=1S/C25H26Cl2N2O5S/c1-33-22-11-8-18(14-23(22)34-2)12-13-28-25(30)17-29(16-19-6-4-3-5-7-19)35(31,32)24-15-20(26)9-10-21(24)27/h3-11,14-15H,12-13,16-17H2,1-2H3,(H,28,30). The lowest BCUT2D eigenvalue weighted by Gasteiger charge is -2.22. The molecule has 0 aliphatic rings. The first-order valence-electron chi connectivity index (χ1n) is 10.7. The second kappa shape index (κ2) is 12.3. The summed E-state index contributed by atoms with van der Waals surface area (Å²) in [4.78, 5) is 12.6. The van der Waals surface area contributed by atoms with E-state index in [1.165, 1.54) is 18.2 Å². The molecule has 3 aromatic rings. The zero-order valence-electron chi connectivity index (χ0n) is 19.3. The van der Waals surface area contributed by atoms with E-state index in [1.807, 2.05) is 18.2 Å². The minimum absolute atomic E-state index is 0.00485. The van der Waals surface area contributed by atoms with Gasteiger partial charge in [0, 0.05) is 18.1 Å². The van der Waals surface area contributed by atoms with Crippen molar-refractivity contribution in [2.45, 2.75) is 17.9 Å². The highest BCUT2D eigenvalue weighted by Gasteiger charge is 2.29. The Kier molecular flexibility index (Phi) is 9.40. The molecule has 0 saturated carbocycles. The van der Waals surface area contributed by atoms with Crippen LogP contribution in [-0.2, 0) is 27.8 Å². The maximum atomic E-state index is 13.4. The molecule has 0 aromatic heterocycles. The van der Waals surface area contributed by atoms with E-state index >= 15 is 0 Å². The summed E-state index contributed by atoms with van der Waals surface area (Å²) in [6.07, 6.45) is 0.525. The molecular weight excluding hydrogens is 511 g/mol. The highest BCUT2D eigenvalue weighted by Crippen LogP contribution is 2.29. The minimum atomic E-state index is -4.12. The van der Waals surface area contributed by atoms with Gasteiger partial charge in [-0.15, -0.1) is 0 Å². The predicted octanol–water partition coefficient (Wildman–Crippen LogP) is 4.56. The topological polar surface area (TPSA) is 84.9 Å². The van der Waals surface area contributed by atoms with Gasteiger partial charge in [-0.05, 0) is 47.9 Å². The van der Waals surface area contributed by atoms with E-state index in [0.717, 1.165) is 15.4 Å². The fraction of sp³-hybridized carbons (Fsp3) is 0.240. The summed E-state index contributed by atoms with van der Waals surface area (Å²) in [6.45, 7) is -0.0768. The lowest BCUT2D eigenvalue weighted by Crippen LogP contribution is -2.41. The third-order valence-corrected chi connectivity index (χ3v) is 7.72. The summed E-state index contributed by atoms with van der Waals surface area (Å²) in [5.41, 5.74) is 1.66. The smallest absolute Gasteiger partial charge is 0.245 e. The molecule has 3 rings (SSSR count). The van der Waals surface area contributed by atoms with Crippen LogP contribution in [0, 0.1) is 0 Å². The zero-order chi connectivity index (χ0) is 25.4. The quantitative estimate of drug-likeness (QED) is 0.388. The number of sulfonamides is 1. The number of benzene rings is 3. The largest absolute Gasteiger partial charge is 0.493 e. The maximum Gasteiger partial charge on any atom is 0.245 e. The summed E-state index contributed by atoms with van der Waals surface area (Å²) < 4.78 is 38.5. The molecule has 1 amide bonds. The molecule has 0 aliphatic carbocycles. The summed E-state index contributed by atoms with van der Waals surface area (Å²) >= 11 is 12.2. The van der Waals surface area contributed by atoms with Gasteiger partial charge in [0.1, 0.15) is 4.90 Å². The van der Waals surface area contributed by atoms with Crippen molar-refractivity contribution < 1.29 is 22.7 Å². The van der Waals surface area contributed by atoms with Gasteiger partial charge < -0.3 is 14.8 Å². The van der Waals surface area contributed by atoms with E-state index in [-0.39, 0.29) is 28.0 Å². The molecule has 35 heavy (non-hydrogen) atoms. The van der Waals surface area contributed by atoms with Crippen LogP contribution in [0.4, 0.5) is 0 Å². The summed E-state index contributed by atoms with van der Waals surface area (Å²) in [7, 11) is -1.00. The van der Waals surface area contributed by atoms with Gasteiger partial charge in [0.05, 0.1) is 25.8 Å². The van der Waals surface area contributed by atoms with E-state index in [1.54, 1.807) is 44.6 Å². The van der Waals surface area contributed by atoms with Crippen molar-refractivity contribution in [3.8, 4) is 11.5 Å². The van der Waals surface area contributed by atoms with Crippen molar-refractivity contribution in [1.82, 2.24) is 9.62 Å². The van der Waals surface area contributed by atoms with Crippen LogP contribution in [0.15, 0.2) is 71.6 Å². The van der Waals surface area contributed by atoms with Gasteiger partial charge in [0.25, 0.3) is 0 Å². The van der Waals surface area contributed by atoms with Crippen LogP contribution < -0.4 is 14.8 Å². The number of hydrogen-bond acceptors (Lipinski definition) is 5. The lowest BCUT2D eigenvalue weighted by molar-refractivity contribution is -0.121. The molecule has 0 saturated heterocycles. The van der Waals surface area contributed by atoms with Crippen LogP contribution in [0.5, 0.6) is 11.5 Å². The van der Waals surface area contributed by atoms with E-state index in [2.05, 4.69) is 5.32 Å². The van der Waals surface area contributed by atoms with Crippen molar-refractivity contribution in [3.63, 3.8) is 0 Å². The average Bonchev–Trinajstić information content (AvgIpc) is 2.85. The van der Waals surface area contributed by atoms with Gasteiger partial charge >= 0.3 is 0 Å². The Balaban J connectivity index is 1.74. The van der Waals surface area contributed by atoms with E-state index < -0.39 is 15.9 Å². The number of methoxy groups -OCH3 is 2. The fourth-order valence-corrected chi connectivity index (χ4v) is 5.55. The third-order valence-electron chi connectivity index (χ3n) is 5.22. The summed E-state index contributed by atoms with van der Waals surface area (Å²) in [6, 6.07) is 18.7. The molecule has 10 heteroatoms. The van der Waals surface area contributed by atoms with Crippen LogP contribution >= 0.6 is 23.2 Å². The molecule has 0 spiro atoms. The van der Waals surface area contributed by atoms with Gasteiger partial charge in [0.2, 0.25) is 15.9 Å². The molecule has 0 aliphatic heterocycles. The highest BCUT2D eigenvalue weighted by molar-refractivity contribution is 7.89. The van der Waals surface area contributed by atoms with Crippen LogP contribution in [0.2, 0.25) is 10.0 Å². The Morgan fingerprint density at radius 2 is 1.63 bits per heavy atom. The molecule has 0 fully saturated rings. The van der Waals surface area contributed by atoms with Gasteiger partial charge in [-0.1, -0.05) is 59.6 Å². The molecule has 186 valence electrons. The number of nitrogens with one attached hydrogen (secondary N) is 1. The number of nitrogens with zero attached hydrogens (tertiary/aromatic N) is 1. The van der Waals surface area contributed by atoms with Crippen LogP contribution in [-0.4, -0.2) is 45.9 Å². The maximum absolute atomic E-state index is 13.4. The second-order valence-electron chi connectivity index (χ2n) is 7.62. The number of ether oxygens (including phenoxy) is 2. The fourth-order valence-electron chi connectivity index (χ4n) is 3.43. The normalized spacial score (nSPS) is 11.3. The zero-order valence-corrected chi connectivity index (χ0v) is 21.7. The van der Waals surface area contributed by atoms with Crippen molar-refractivity contribution in [1.29, 1.82) is 0 Å². The highest BCUT2D eigenvalue weighted by atomic mass is 35.5. The molecule has 0 radical (unpaired) electrons. The van der Waals surface area contributed by atoms with Crippen molar-refractivity contribution in [2.24, 2.45) is 0 Å². The Morgan fingerprint density at radius 1 is 0.914 bits per heavy atom. The SMILES string of the molecule is COc1ccc(CCNC(=O)CN(Cc2ccccc2)S(=O)(=O)c2cc(Cl)ccc2Cl)cc1OC. The number of hydrogen-bond donors (Lipinski definition) is 1. The Labute approximate surface area is 215 Å². The number of carbonyl (C=O) groups is 1. The number of carbonyl (C=O) groups excluding carboxylic acids is 1. The third kappa shape index (κ3) is 7.11. The molecule has 7 nitrogen and oxygen atoms in total. The molecule has 0 unspecified atom stereocenters. The Hall–Kier alpha value is -2.78. The van der Waals surface area contributed by atoms with Crippen LogP contribution in [0.1, 0.15) is 11.1 Å². The van der Waals surface area contributed by atoms with Crippen molar-refractivity contribution in [3.05, 3.63) is 87.9 Å². The van der Waals surface area contributed by atoms with Crippen molar-refractivity contribution in [2.75, 3.05) is 27.3 Å². The van der Waals surface area contributed by atoms with E-state index in [4.69, 9.17) is 32.7 Å². The number of amides is 1. The van der Waals surface area contributed by atoms with Gasteiger partial charge in [-0.3, -0.25) is 4.79 Å². The Morgan fingerprint density at radius 3 is 2.31 bits per heavy atom. The molecule has 0 atom stereocenters. The summed E-state index contributed by atoms with van der Waals surface area (Å²) in [5, 5.41) is 3.04. The Bertz CT molecular complexity index is 1270. The van der Waals surface area contributed by atoms with Gasteiger partial charge in [-0.25, -0.2) is 8.42 Å². The summed E-state index contributed by atoms with van der Waals surface area (Å²) in [5.74, 6) is 0.764. The molecule has 0 bridgehead atoms. The molecular formula is C25H26Cl2N2O5S. The molecule has 3 aromatic carbocycles. The van der Waals surface area contributed by atoms with Crippen molar-refractivity contribution >= 4 is 39.1 Å². The van der Waals surface area contributed by atoms with Gasteiger partial charge in [0.15, 0.2) is 11.5 Å². The molecule has 0 heterocycles. The predicted molar refractivity (Wildman–Crippen MR) is 137 cm³/mol. The first kappa shape index (κ1) is 26.8. The number of halogens is 2. The van der Waals surface area contributed by atoms with Crippen LogP contribution in [0.3, 0.4) is 0 Å².